The molecule has 16 N–H and O–H groups in total. The van der Waals surface area contributed by atoms with Crippen molar-refractivity contribution in [1.29, 1.82) is 0 Å². The van der Waals surface area contributed by atoms with Crippen LogP contribution < -0.4 is 48.3 Å². The number of hydrogen-bond acceptors (Lipinski definition) is 15. The molecule has 0 aliphatic heterocycles. The minimum absolute atomic E-state index is 0.0530. The quantitative estimate of drug-likeness (QED) is 0.0322. The molecule has 446 valence electrons. The second-order valence-corrected chi connectivity index (χ2v) is 19.8. The molecule has 3 aromatic carbocycles. The fraction of sp³-hybridized carbons (Fsp3) is 0.455. The van der Waals surface area contributed by atoms with Gasteiger partial charge in [0.2, 0.25) is 47.3 Å². The Balaban J connectivity index is 1.88. The van der Waals surface area contributed by atoms with Gasteiger partial charge in [-0.1, -0.05) is 107 Å². The second kappa shape index (κ2) is 33.6. The Morgan fingerprint density at radius 1 is 0.439 bits per heavy atom. The predicted molar refractivity (Wildman–Crippen MR) is 291 cm³/mol. The number of phenols is 1. The van der Waals surface area contributed by atoms with E-state index in [9.17, 15) is 83.1 Å². The van der Waals surface area contributed by atoms with Gasteiger partial charge in [-0.05, 0) is 59.9 Å². The first-order valence-corrected chi connectivity index (χ1v) is 26.3. The molecule has 0 fully saturated rings. The number of carbonyl (C=O) groups excluding carboxylic acids is 8. The lowest BCUT2D eigenvalue weighted by Crippen LogP contribution is -2.62. The Morgan fingerprint density at radius 3 is 1.30 bits per heavy atom. The summed E-state index contributed by atoms with van der Waals surface area (Å²) >= 11 is 0. The molecule has 0 saturated heterocycles. The van der Waals surface area contributed by atoms with Gasteiger partial charge in [-0.15, -0.1) is 0 Å². The van der Waals surface area contributed by atoms with Gasteiger partial charge < -0.3 is 78.9 Å². The van der Waals surface area contributed by atoms with Crippen molar-refractivity contribution in [3.05, 3.63) is 102 Å². The molecule has 0 spiro atoms. The van der Waals surface area contributed by atoms with Crippen LogP contribution in [-0.4, -0.2) is 163 Å². The Bertz CT molecular complexity index is 2700. The van der Waals surface area contributed by atoms with E-state index in [1.165, 1.54) is 38.1 Å². The van der Waals surface area contributed by atoms with Crippen molar-refractivity contribution in [2.75, 3.05) is 6.61 Å². The Hall–Kier alpha value is -8.98. The molecule has 0 aliphatic rings. The van der Waals surface area contributed by atoms with E-state index in [0.717, 1.165) is 5.56 Å². The van der Waals surface area contributed by atoms with Crippen molar-refractivity contribution in [1.82, 2.24) is 42.5 Å². The Labute approximate surface area is 471 Å². The number of nitrogens with two attached hydrogens (primary N) is 1. The van der Waals surface area contributed by atoms with Crippen LogP contribution >= 0.6 is 0 Å². The van der Waals surface area contributed by atoms with Gasteiger partial charge in [-0.25, -0.2) is 4.79 Å². The van der Waals surface area contributed by atoms with Crippen LogP contribution in [0.15, 0.2) is 84.9 Å². The van der Waals surface area contributed by atoms with Crippen molar-refractivity contribution >= 4 is 71.1 Å². The van der Waals surface area contributed by atoms with E-state index in [4.69, 9.17) is 10.8 Å². The number of aliphatic hydroxyl groups is 1. The van der Waals surface area contributed by atoms with E-state index in [-0.39, 0.29) is 25.0 Å². The fourth-order valence-corrected chi connectivity index (χ4v) is 8.10. The zero-order chi connectivity index (χ0) is 61.2. The standard InChI is InChI=1S/C55H73N9O18/c1-5-30(4)46(64-51(77)38(26-33-16-18-34(66)19-17-33)59-47(73)35(56)24-31-12-8-6-9-13-31)54(80)62-41(28-65)52(78)60-39(25-32-14-10-7-11-15-32)50(76)63-45(29(2)3)53(79)57-36(20-22-42(67)68)48(74)61-40(27-44(71)72)49(75)58-37(55(81)82)21-23-43(69)70/h6-19,29-30,35-41,45-46,65-66H,5,20-28,56H2,1-4H3,(H,57,79)(H,58,75)(H,59,73)(H,60,78)(H,61,74)(H,62,80)(H,63,76)(H,64,77)(H,67,68)(H,69,70)(H,71,72)(H,81,82)/t30-,35-,36-,37-,38-,39-,40-,41-,45-,46-/m0/s1. The highest BCUT2D eigenvalue weighted by Gasteiger charge is 2.37. The molecule has 27 heteroatoms. The lowest BCUT2D eigenvalue weighted by Gasteiger charge is -2.29. The van der Waals surface area contributed by atoms with Crippen LogP contribution in [0.2, 0.25) is 0 Å². The van der Waals surface area contributed by atoms with Crippen molar-refractivity contribution < 1.29 is 88.2 Å². The van der Waals surface area contributed by atoms with Crippen LogP contribution in [0.5, 0.6) is 5.75 Å². The third kappa shape index (κ3) is 23.0. The number of aromatic hydroxyl groups is 1. The van der Waals surface area contributed by atoms with Gasteiger partial charge in [-0.2, -0.15) is 0 Å². The van der Waals surface area contributed by atoms with E-state index in [1.807, 2.05) is 5.32 Å². The van der Waals surface area contributed by atoms with Crippen LogP contribution in [0.1, 0.15) is 82.9 Å². The fourth-order valence-electron chi connectivity index (χ4n) is 8.10. The summed E-state index contributed by atoms with van der Waals surface area (Å²) < 4.78 is 0. The lowest BCUT2D eigenvalue weighted by molar-refractivity contribution is -0.144. The van der Waals surface area contributed by atoms with Crippen molar-refractivity contribution in [3.8, 4) is 5.75 Å². The third-order valence-corrected chi connectivity index (χ3v) is 13.0. The molecule has 0 aromatic heterocycles. The molecule has 82 heavy (non-hydrogen) atoms. The summed E-state index contributed by atoms with van der Waals surface area (Å²) in [7, 11) is 0. The molecule has 8 amide bonds. The number of benzene rings is 3. The van der Waals surface area contributed by atoms with Crippen molar-refractivity contribution in [3.63, 3.8) is 0 Å². The van der Waals surface area contributed by atoms with E-state index >= 15 is 0 Å². The van der Waals surface area contributed by atoms with Gasteiger partial charge in [0.05, 0.1) is 19.1 Å². The van der Waals surface area contributed by atoms with Gasteiger partial charge in [0, 0.05) is 25.7 Å². The van der Waals surface area contributed by atoms with E-state index in [0.29, 0.717) is 17.5 Å². The SMILES string of the molecule is CC[C@H](C)[C@H](NC(=O)[C@H](Cc1ccc(O)cc1)NC(=O)[C@@H](N)Cc1ccccc1)C(=O)N[C@@H](CO)C(=O)N[C@@H](Cc1ccccc1)C(=O)N[C@H](C(=O)N[C@@H](CCC(=O)O)C(=O)N[C@@H](CC(=O)O)C(=O)N[C@@H](CCC(=O)O)C(=O)O)C(C)C. The minimum Gasteiger partial charge on any atom is -0.508 e. The highest BCUT2D eigenvalue weighted by atomic mass is 16.4. The first-order valence-electron chi connectivity index (χ1n) is 26.3. The van der Waals surface area contributed by atoms with E-state index in [2.05, 4.69) is 37.2 Å². The number of amides is 8. The van der Waals surface area contributed by atoms with Gasteiger partial charge in [-0.3, -0.25) is 52.7 Å². The molecule has 3 aromatic rings. The number of phenolic OH excluding ortho intramolecular Hbond substituents is 1. The van der Waals surface area contributed by atoms with Gasteiger partial charge >= 0.3 is 23.9 Å². The minimum atomic E-state index is -2.03. The zero-order valence-electron chi connectivity index (χ0n) is 45.7. The number of aliphatic carboxylic acids is 4. The second-order valence-electron chi connectivity index (χ2n) is 19.8. The number of carboxylic acid groups (broad SMARTS) is 4. The number of nitrogens with one attached hydrogen (secondary N) is 8. The summed E-state index contributed by atoms with van der Waals surface area (Å²) in [5, 5.41) is 77.1. The monoisotopic (exact) mass is 1150 g/mol. The van der Waals surface area contributed by atoms with Gasteiger partial charge in [0.15, 0.2) is 0 Å². The summed E-state index contributed by atoms with van der Waals surface area (Å²) in [6.45, 7) is 5.28. The highest BCUT2D eigenvalue weighted by Crippen LogP contribution is 2.15. The average Bonchev–Trinajstić information content (AvgIpc) is 3.42. The molecule has 0 aliphatic carbocycles. The lowest BCUT2D eigenvalue weighted by atomic mass is 9.96. The predicted octanol–water partition coefficient (Wildman–Crippen LogP) is -1.39. The Kier molecular flexibility index (Phi) is 27.6. The summed E-state index contributed by atoms with van der Waals surface area (Å²) in [5.41, 5.74) is 8.02. The number of carboxylic acids is 4. The van der Waals surface area contributed by atoms with Gasteiger partial charge in [0.1, 0.15) is 54.1 Å². The van der Waals surface area contributed by atoms with Crippen LogP contribution in [0.3, 0.4) is 0 Å². The number of carbonyl (C=O) groups is 12. The summed E-state index contributed by atoms with van der Waals surface area (Å²) in [4.78, 5) is 157. The molecule has 0 saturated carbocycles. The average molecular weight is 1150 g/mol. The smallest absolute Gasteiger partial charge is 0.326 e. The molecule has 27 nitrogen and oxygen atoms in total. The van der Waals surface area contributed by atoms with Crippen molar-refractivity contribution in [2.45, 2.75) is 140 Å². The maximum Gasteiger partial charge on any atom is 0.326 e. The summed E-state index contributed by atoms with van der Waals surface area (Å²) in [6, 6.07) is 8.53. The first-order chi connectivity index (χ1) is 38.7. The van der Waals surface area contributed by atoms with Crippen LogP contribution in [0.25, 0.3) is 0 Å². The number of rotatable bonds is 35. The summed E-state index contributed by atoms with van der Waals surface area (Å²) in [6.07, 6.45) is -3.84. The largest absolute Gasteiger partial charge is 0.508 e. The molecule has 0 radical (unpaired) electrons. The van der Waals surface area contributed by atoms with Crippen LogP contribution in [-0.2, 0) is 76.8 Å². The topological polar surface area (TPSA) is 448 Å². The zero-order valence-corrected chi connectivity index (χ0v) is 45.7. The summed E-state index contributed by atoms with van der Waals surface area (Å²) in [5.74, 6) is -16.0. The van der Waals surface area contributed by atoms with Gasteiger partial charge in [0.25, 0.3) is 0 Å². The Morgan fingerprint density at radius 2 is 0.829 bits per heavy atom. The normalized spacial score (nSPS) is 14.7. The maximum atomic E-state index is 14.3. The maximum absolute atomic E-state index is 14.3. The molecular formula is C55H73N9O18. The van der Waals surface area contributed by atoms with Crippen LogP contribution in [0.4, 0.5) is 0 Å². The molecule has 3 rings (SSSR count). The molecular weight excluding hydrogens is 1070 g/mol. The first kappa shape index (κ1) is 67.3. The number of hydrogen-bond donors (Lipinski definition) is 15. The van der Waals surface area contributed by atoms with E-state index < -0.39 is 176 Å². The highest BCUT2D eigenvalue weighted by molar-refractivity contribution is 5.99. The van der Waals surface area contributed by atoms with Crippen molar-refractivity contribution in [2.24, 2.45) is 17.6 Å². The molecule has 0 unspecified atom stereocenters. The third-order valence-electron chi connectivity index (χ3n) is 13.0. The van der Waals surface area contributed by atoms with Crippen LogP contribution in [0, 0.1) is 11.8 Å². The molecule has 10 atom stereocenters. The van der Waals surface area contributed by atoms with E-state index in [1.54, 1.807) is 74.5 Å². The number of aliphatic hydroxyl groups excluding tert-OH is 1. The molecule has 0 heterocycles. The molecule has 0 bridgehead atoms.